The van der Waals surface area contributed by atoms with Gasteiger partial charge in [-0.3, -0.25) is 29.0 Å². The summed E-state index contributed by atoms with van der Waals surface area (Å²) in [5.74, 6) is -4.02. The van der Waals surface area contributed by atoms with Gasteiger partial charge in [0.25, 0.3) is 0 Å². The molecule has 302 valence electrons. The van der Waals surface area contributed by atoms with E-state index in [1.165, 1.54) is 24.7 Å². The molecule has 6 unspecified atom stereocenters. The molecule has 5 aliphatic rings. The zero-order valence-corrected chi connectivity index (χ0v) is 33.8. The molecule has 1 saturated carbocycles. The standard InChI is InChI=1S/C48H46ClN3O7/c1-58-40-24-30(25-41(59-2)43(40)53)16-19-38-35-17-18-36-42(46(56)51(44(36)54)33-20-22-50(23-21-33)28-29-10-5-3-6-11-29)37(35)27-39-45(55)52(34-15-9-14-32(49)26-34)47(57)48(38,39)31-12-7-4-8-13-31/h3-17,19,24-26,33,36-39,42,53H,18,20-23,27-28H2,1-2H3. The molecular formula is C48H46ClN3O7. The number of phenolic OH excluding ortho intramolecular Hbond substituents is 1. The lowest BCUT2D eigenvalue weighted by Crippen LogP contribution is -2.54. The Labute approximate surface area is 348 Å². The van der Waals surface area contributed by atoms with E-state index < -0.39 is 35.0 Å². The van der Waals surface area contributed by atoms with Crippen molar-refractivity contribution in [2.45, 2.75) is 43.7 Å². The number of likely N-dealkylation sites (tertiary alicyclic amines) is 2. The van der Waals surface area contributed by atoms with E-state index in [1.807, 2.05) is 60.7 Å². The number of methoxy groups -OCH3 is 2. The summed E-state index contributed by atoms with van der Waals surface area (Å²) in [4.78, 5) is 65.0. The van der Waals surface area contributed by atoms with E-state index in [-0.39, 0.29) is 53.3 Å². The molecule has 3 aliphatic heterocycles. The Hall–Kier alpha value is -5.71. The third-order valence-corrected chi connectivity index (χ3v) is 13.7. The van der Waals surface area contributed by atoms with E-state index in [9.17, 15) is 14.7 Å². The Bertz CT molecular complexity index is 2350. The Kier molecular flexibility index (Phi) is 10.2. The van der Waals surface area contributed by atoms with Crippen molar-refractivity contribution >= 4 is 47.0 Å². The van der Waals surface area contributed by atoms with Crippen molar-refractivity contribution < 1.29 is 33.8 Å². The molecule has 3 saturated heterocycles. The number of amides is 4. The molecule has 10 nitrogen and oxygen atoms in total. The first-order valence-corrected chi connectivity index (χ1v) is 20.7. The van der Waals surface area contributed by atoms with Gasteiger partial charge in [0, 0.05) is 36.6 Å². The second-order valence-electron chi connectivity index (χ2n) is 16.3. The maximum absolute atomic E-state index is 15.5. The van der Waals surface area contributed by atoms with Crippen LogP contribution in [0.15, 0.2) is 115 Å². The van der Waals surface area contributed by atoms with Gasteiger partial charge in [-0.15, -0.1) is 0 Å². The number of fused-ring (bicyclic) bond motifs is 4. The predicted molar refractivity (Wildman–Crippen MR) is 224 cm³/mol. The van der Waals surface area contributed by atoms with Crippen molar-refractivity contribution in [1.29, 1.82) is 0 Å². The number of imide groups is 2. The number of hydrogen-bond acceptors (Lipinski definition) is 8. The summed E-state index contributed by atoms with van der Waals surface area (Å²) in [7, 11) is 2.91. The first-order valence-electron chi connectivity index (χ1n) is 20.3. The average Bonchev–Trinajstić information content (AvgIpc) is 3.65. The number of aromatic hydroxyl groups is 1. The Morgan fingerprint density at radius 2 is 1.49 bits per heavy atom. The predicted octanol–water partition coefficient (Wildman–Crippen LogP) is 7.44. The van der Waals surface area contributed by atoms with Gasteiger partial charge in [-0.2, -0.15) is 0 Å². The number of phenols is 1. The topological polar surface area (TPSA) is 117 Å². The van der Waals surface area contributed by atoms with Crippen molar-refractivity contribution in [3.63, 3.8) is 0 Å². The number of halogens is 1. The van der Waals surface area contributed by atoms with Gasteiger partial charge >= 0.3 is 0 Å². The Balaban J connectivity index is 1.12. The third-order valence-electron chi connectivity index (χ3n) is 13.4. The van der Waals surface area contributed by atoms with Crippen LogP contribution in [-0.2, 0) is 31.1 Å². The summed E-state index contributed by atoms with van der Waals surface area (Å²) < 4.78 is 10.9. The molecule has 0 spiro atoms. The molecule has 0 aromatic heterocycles. The van der Waals surface area contributed by atoms with Crippen LogP contribution in [0.5, 0.6) is 17.2 Å². The lowest BCUT2D eigenvalue weighted by atomic mass is 9.50. The number of benzene rings is 4. The quantitative estimate of drug-likeness (QED) is 0.137. The number of hydrogen-bond donors (Lipinski definition) is 1. The van der Waals surface area contributed by atoms with Crippen LogP contribution in [0.2, 0.25) is 5.02 Å². The summed E-state index contributed by atoms with van der Waals surface area (Å²) in [6, 6.07) is 29.6. The first-order chi connectivity index (χ1) is 28.6. The second-order valence-corrected chi connectivity index (χ2v) is 16.7. The highest BCUT2D eigenvalue weighted by molar-refractivity contribution is 6.32. The van der Waals surface area contributed by atoms with E-state index in [2.05, 4.69) is 23.1 Å². The molecule has 2 aliphatic carbocycles. The molecule has 0 bridgehead atoms. The summed E-state index contributed by atoms with van der Waals surface area (Å²) in [6.45, 7) is 2.37. The van der Waals surface area contributed by atoms with Crippen LogP contribution >= 0.6 is 11.6 Å². The largest absolute Gasteiger partial charge is 0.502 e. The Morgan fingerprint density at radius 1 is 0.814 bits per heavy atom. The minimum absolute atomic E-state index is 0.138. The van der Waals surface area contributed by atoms with E-state index in [0.29, 0.717) is 41.1 Å². The van der Waals surface area contributed by atoms with Crippen LogP contribution in [0.25, 0.3) is 6.08 Å². The molecule has 4 aromatic rings. The highest BCUT2D eigenvalue weighted by atomic mass is 35.5. The molecule has 9 rings (SSSR count). The van der Waals surface area contributed by atoms with Gasteiger partial charge in [0.15, 0.2) is 11.5 Å². The van der Waals surface area contributed by atoms with Crippen molar-refractivity contribution in [3.8, 4) is 17.2 Å². The zero-order chi connectivity index (χ0) is 41.0. The summed E-state index contributed by atoms with van der Waals surface area (Å²) in [6.07, 6.45) is 7.82. The summed E-state index contributed by atoms with van der Waals surface area (Å²) in [5.41, 5.74) is 2.40. The maximum Gasteiger partial charge on any atom is 0.246 e. The van der Waals surface area contributed by atoms with E-state index in [1.54, 1.807) is 41.3 Å². The van der Waals surface area contributed by atoms with Crippen LogP contribution < -0.4 is 14.4 Å². The van der Waals surface area contributed by atoms with Gasteiger partial charge < -0.3 is 14.6 Å². The van der Waals surface area contributed by atoms with Crippen LogP contribution in [0.4, 0.5) is 5.69 Å². The summed E-state index contributed by atoms with van der Waals surface area (Å²) in [5, 5.41) is 11.1. The smallest absolute Gasteiger partial charge is 0.246 e. The number of carbonyl (C=O) groups is 4. The fourth-order valence-corrected chi connectivity index (χ4v) is 11.0. The van der Waals surface area contributed by atoms with Crippen molar-refractivity contribution in [2.75, 3.05) is 32.2 Å². The first kappa shape index (κ1) is 38.8. The number of anilines is 1. The fourth-order valence-electron chi connectivity index (χ4n) is 10.8. The lowest BCUT2D eigenvalue weighted by molar-refractivity contribution is -0.144. The number of rotatable bonds is 9. The highest BCUT2D eigenvalue weighted by Gasteiger charge is 2.69. The normalized spacial score (nSPS) is 27.2. The van der Waals surface area contributed by atoms with Crippen LogP contribution in [-0.4, -0.2) is 71.9 Å². The molecular weight excluding hydrogens is 766 g/mol. The van der Waals surface area contributed by atoms with Gasteiger partial charge in [0.1, 0.15) is 0 Å². The summed E-state index contributed by atoms with van der Waals surface area (Å²) >= 11 is 6.46. The number of piperidine rings is 1. The van der Waals surface area contributed by atoms with E-state index in [0.717, 1.165) is 25.2 Å². The molecule has 59 heavy (non-hydrogen) atoms. The SMILES string of the molecule is COc1cc(C=CC2C3=CCC4C(=O)N(C5CCN(Cc6ccccc6)CC5)C(=O)C4C3CC3C(=O)N(c4cccc(Cl)c4)C(=O)C23c2ccccc2)cc(OC)c1O. The van der Waals surface area contributed by atoms with Crippen molar-refractivity contribution in [1.82, 2.24) is 9.80 Å². The molecule has 4 fully saturated rings. The number of nitrogens with zero attached hydrogens (tertiary/aromatic N) is 3. The number of allylic oxidation sites excluding steroid dienone is 3. The molecule has 6 atom stereocenters. The minimum Gasteiger partial charge on any atom is -0.502 e. The highest BCUT2D eigenvalue weighted by Crippen LogP contribution is 2.62. The Morgan fingerprint density at radius 3 is 2.15 bits per heavy atom. The third kappa shape index (κ3) is 6.35. The van der Waals surface area contributed by atoms with E-state index in [4.69, 9.17) is 21.1 Å². The van der Waals surface area contributed by atoms with Gasteiger partial charge in [-0.05, 0) is 78.6 Å². The van der Waals surface area contributed by atoms with Gasteiger partial charge in [-0.25, -0.2) is 4.90 Å². The molecule has 4 amide bonds. The maximum atomic E-state index is 15.5. The van der Waals surface area contributed by atoms with Crippen LogP contribution in [0, 0.1) is 29.6 Å². The van der Waals surface area contributed by atoms with Gasteiger partial charge in [-0.1, -0.05) is 102 Å². The fraction of sp³-hybridized carbons (Fsp3) is 0.333. The molecule has 1 N–H and O–H groups in total. The van der Waals surface area contributed by atoms with Crippen molar-refractivity contribution in [3.05, 3.63) is 137 Å². The average molecular weight is 812 g/mol. The van der Waals surface area contributed by atoms with E-state index >= 15 is 9.59 Å². The van der Waals surface area contributed by atoms with Crippen LogP contribution in [0.1, 0.15) is 42.4 Å². The lowest BCUT2D eigenvalue weighted by Gasteiger charge is -2.49. The molecule has 3 heterocycles. The monoisotopic (exact) mass is 811 g/mol. The van der Waals surface area contributed by atoms with Gasteiger partial charge in [0.05, 0.1) is 43.1 Å². The molecule has 0 radical (unpaired) electrons. The number of ether oxygens (including phenoxy) is 2. The van der Waals surface area contributed by atoms with Gasteiger partial charge in [0.2, 0.25) is 29.4 Å². The number of carbonyl (C=O) groups excluding carboxylic acids is 4. The van der Waals surface area contributed by atoms with Crippen LogP contribution in [0.3, 0.4) is 0 Å². The minimum atomic E-state index is -1.39. The molecule has 11 heteroatoms. The second kappa shape index (κ2) is 15.5. The molecule has 4 aromatic carbocycles. The zero-order valence-electron chi connectivity index (χ0n) is 33.0. The van der Waals surface area contributed by atoms with Crippen molar-refractivity contribution in [2.24, 2.45) is 29.6 Å².